The topological polar surface area (TPSA) is 69.7 Å². The van der Waals surface area contributed by atoms with E-state index in [2.05, 4.69) is 17.3 Å². The van der Waals surface area contributed by atoms with Crippen molar-refractivity contribution in [3.8, 4) is 0 Å². The van der Waals surface area contributed by atoms with Crippen LogP contribution in [0.5, 0.6) is 0 Å². The van der Waals surface area contributed by atoms with Crippen LogP contribution in [0.2, 0.25) is 0 Å². The molecule has 0 radical (unpaired) electrons. The summed E-state index contributed by atoms with van der Waals surface area (Å²) in [6.45, 7) is 1.23. The van der Waals surface area contributed by atoms with Crippen LogP contribution in [-0.2, 0) is 21.4 Å². The molecule has 2 aliphatic rings. The van der Waals surface area contributed by atoms with Gasteiger partial charge in [0, 0.05) is 31.4 Å². The van der Waals surface area contributed by atoms with Crippen molar-refractivity contribution in [2.24, 2.45) is 5.92 Å². The molecular weight excluding hydrogens is 453 g/mol. The molecule has 4 rings (SSSR count). The van der Waals surface area contributed by atoms with Crippen molar-refractivity contribution >= 4 is 21.6 Å². The van der Waals surface area contributed by atoms with Crippen molar-refractivity contribution in [2.45, 2.75) is 62.4 Å². The summed E-state index contributed by atoms with van der Waals surface area (Å²) in [7, 11) is -1.63. The molecule has 184 valence electrons. The minimum Gasteiger partial charge on any atom is -0.326 e. The molecule has 1 heterocycles. The van der Waals surface area contributed by atoms with Crippen molar-refractivity contribution < 1.29 is 17.6 Å². The molecule has 1 saturated heterocycles. The van der Waals surface area contributed by atoms with Gasteiger partial charge in [-0.15, -0.1) is 0 Å². The lowest BCUT2D eigenvalue weighted by Crippen LogP contribution is -2.43. The zero-order chi connectivity index (χ0) is 24.1. The van der Waals surface area contributed by atoms with Gasteiger partial charge in [0.25, 0.3) is 0 Å². The van der Waals surface area contributed by atoms with E-state index in [9.17, 15) is 17.6 Å². The zero-order valence-electron chi connectivity index (χ0n) is 19.7. The maximum atomic E-state index is 13.2. The lowest BCUT2D eigenvalue weighted by atomic mass is 9.94. The molecule has 2 fully saturated rings. The van der Waals surface area contributed by atoms with Gasteiger partial charge in [-0.1, -0.05) is 37.5 Å². The standard InChI is InChI=1S/C26H34FN3O3S/c1-29(23-10-3-2-4-11-23)18-20-8-5-6-12-25(20)28-26(31)21-9-7-17-30(19-21)34(32,33)24-15-13-22(27)14-16-24/h5-6,8,12-16,21,23H,2-4,7,9-11,17-19H2,1H3,(H,28,31)/t21-/m1/s1. The molecule has 8 heteroatoms. The highest BCUT2D eigenvalue weighted by Crippen LogP contribution is 2.27. The quantitative estimate of drug-likeness (QED) is 0.618. The Morgan fingerprint density at radius 3 is 2.47 bits per heavy atom. The third-order valence-electron chi connectivity index (χ3n) is 7.10. The Kier molecular flexibility index (Phi) is 8.01. The third kappa shape index (κ3) is 5.85. The van der Waals surface area contributed by atoms with Crippen LogP contribution in [0.4, 0.5) is 10.1 Å². The molecule has 0 spiro atoms. The van der Waals surface area contributed by atoms with Gasteiger partial charge >= 0.3 is 0 Å². The molecule has 0 unspecified atom stereocenters. The molecule has 1 aliphatic heterocycles. The Bertz CT molecular complexity index is 1080. The number of carbonyl (C=O) groups is 1. The average Bonchev–Trinajstić information content (AvgIpc) is 2.86. The summed E-state index contributed by atoms with van der Waals surface area (Å²) < 4.78 is 40.6. The monoisotopic (exact) mass is 487 g/mol. The highest BCUT2D eigenvalue weighted by Gasteiger charge is 2.33. The van der Waals surface area contributed by atoms with Crippen molar-refractivity contribution in [1.29, 1.82) is 0 Å². The van der Waals surface area contributed by atoms with E-state index >= 15 is 0 Å². The predicted octanol–water partition coefficient (Wildman–Crippen LogP) is 4.63. The largest absolute Gasteiger partial charge is 0.326 e. The van der Waals surface area contributed by atoms with E-state index in [-0.39, 0.29) is 17.3 Å². The summed E-state index contributed by atoms with van der Waals surface area (Å²) in [5.74, 6) is -1.08. The van der Waals surface area contributed by atoms with E-state index in [1.807, 2.05) is 24.3 Å². The fraction of sp³-hybridized carbons (Fsp3) is 0.500. The molecule has 1 aliphatic carbocycles. The predicted molar refractivity (Wildman–Crippen MR) is 131 cm³/mol. The second-order valence-corrected chi connectivity index (χ2v) is 11.4. The number of sulfonamides is 1. The van der Waals surface area contributed by atoms with Crippen LogP contribution in [0.25, 0.3) is 0 Å². The van der Waals surface area contributed by atoms with Crippen molar-refractivity contribution in [3.05, 3.63) is 59.9 Å². The van der Waals surface area contributed by atoms with Gasteiger partial charge in [-0.05, 0) is 68.6 Å². The molecule has 0 aromatic heterocycles. The van der Waals surface area contributed by atoms with Crippen LogP contribution in [0.3, 0.4) is 0 Å². The smallest absolute Gasteiger partial charge is 0.243 e. The van der Waals surface area contributed by atoms with E-state index in [0.29, 0.717) is 25.4 Å². The molecule has 1 amide bonds. The third-order valence-corrected chi connectivity index (χ3v) is 8.98. The maximum Gasteiger partial charge on any atom is 0.243 e. The molecule has 2 aromatic rings. The number of nitrogens with zero attached hydrogens (tertiary/aromatic N) is 2. The number of anilines is 1. The number of benzene rings is 2. The van der Waals surface area contributed by atoms with E-state index in [4.69, 9.17) is 0 Å². The molecule has 1 saturated carbocycles. The second-order valence-electron chi connectivity index (χ2n) is 9.51. The van der Waals surface area contributed by atoms with Gasteiger partial charge in [0.15, 0.2) is 0 Å². The molecule has 1 atom stereocenters. The number of piperidine rings is 1. The first-order chi connectivity index (χ1) is 16.3. The lowest BCUT2D eigenvalue weighted by Gasteiger charge is -2.32. The van der Waals surface area contributed by atoms with Gasteiger partial charge in [0.2, 0.25) is 15.9 Å². The number of nitrogens with one attached hydrogen (secondary N) is 1. The first kappa shape index (κ1) is 24.8. The number of hydrogen-bond acceptors (Lipinski definition) is 4. The Hall–Kier alpha value is -2.29. The van der Waals surface area contributed by atoms with E-state index in [0.717, 1.165) is 29.9 Å². The highest BCUT2D eigenvalue weighted by molar-refractivity contribution is 7.89. The number of para-hydroxylation sites is 1. The van der Waals surface area contributed by atoms with Gasteiger partial charge < -0.3 is 5.32 Å². The molecular formula is C26H34FN3O3S. The molecule has 2 aromatic carbocycles. The normalized spacial score (nSPS) is 20.4. The molecule has 0 bridgehead atoms. The number of amides is 1. The Labute approximate surface area is 202 Å². The van der Waals surface area contributed by atoms with Crippen LogP contribution in [0.1, 0.15) is 50.5 Å². The van der Waals surface area contributed by atoms with Gasteiger partial charge in [-0.3, -0.25) is 9.69 Å². The number of hydrogen-bond donors (Lipinski definition) is 1. The number of halogens is 1. The summed E-state index contributed by atoms with van der Waals surface area (Å²) in [6, 6.07) is 13.2. The van der Waals surface area contributed by atoms with Crippen molar-refractivity contribution in [3.63, 3.8) is 0 Å². The van der Waals surface area contributed by atoms with E-state index < -0.39 is 21.8 Å². The zero-order valence-corrected chi connectivity index (χ0v) is 20.6. The Morgan fingerprint density at radius 2 is 1.74 bits per heavy atom. The van der Waals surface area contributed by atoms with Gasteiger partial charge in [-0.25, -0.2) is 12.8 Å². The summed E-state index contributed by atoms with van der Waals surface area (Å²) in [5, 5.41) is 3.07. The molecule has 34 heavy (non-hydrogen) atoms. The van der Waals surface area contributed by atoms with Crippen LogP contribution < -0.4 is 5.32 Å². The Morgan fingerprint density at radius 1 is 1.03 bits per heavy atom. The fourth-order valence-electron chi connectivity index (χ4n) is 5.06. The van der Waals surface area contributed by atoms with E-state index in [1.165, 1.54) is 48.5 Å². The van der Waals surface area contributed by atoms with Gasteiger partial charge in [0.05, 0.1) is 10.8 Å². The van der Waals surface area contributed by atoms with E-state index in [1.54, 1.807) is 0 Å². The summed E-state index contributed by atoms with van der Waals surface area (Å²) in [4.78, 5) is 15.6. The number of carbonyl (C=O) groups excluding carboxylic acids is 1. The summed E-state index contributed by atoms with van der Waals surface area (Å²) in [5.41, 5.74) is 1.85. The van der Waals surface area contributed by atoms with Crippen molar-refractivity contribution in [2.75, 3.05) is 25.5 Å². The van der Waals surface area contributed by atoms with Gasteiger partial charge in [0.1, 0.15) is 5.82 Å². The highest BCUT2D eigenvalue weighted by atomic mass is 32.2. The summed E-state index contributed by atoms with van der Waals surface area (Å²) in [6.07, 6.45) is 7.51. The van der Waals surface area contributed by atoms with Crippen LogP contribution in [-0.4, -0.2) is 49.7 Å². The molecule has 6 nitrogen and oxygen atoms in total. The van der Waals surface area contributed by atoms with Gasteiger partial charge in [-0.2, -0.15) is 4.31 Å². The number of rotatable bonds is 7. The minimum atomic E-state index is -3.77. The average molecular weight is 488 g/mol. The van der Waals surface area contributed by atoms with Crippen LogP contribution in [0, 0.1) is 11.7 Å². The minimum absolute atomic E-state index is 0.0473. The SMILES string of the molecule is CN(Cc1ccccc1NC(=O)[C@@H]1CCCN(S(=O)(=O)c2ccc(F)cc2)C1)C1CCCCC1. The molecule has 1 N–H and O–H groups in total. The summed E-state index contributed by atoms with van der Waals surface area (Å²) >= 11 is 0. The first-order valence-corrected chi connectivity index (χ1v) is 13.6. The second kappa shape index (κ2) is 11.0. The lowest BCUT2D eigenvalue weighted by molar-refractivity contribution is -0.120. The first-order valence-electron chi connectivity index (χ1n) is 12.2. The van der Waals surface area contributed by atoms with Crippen molar-refractivity contribution in [1.82, 2.24) is 9.21 Å². The Balaban J connectivity index is 1.42. The van der Waals surface area contributed by atoms with Crippen LogP contribution >= 0.6 is 0 Å². The van der Waals surface area contributed by atoms with Crippen LogP contribution in [0.15, 0.2) is 53.4 Å². The maximum absolute atomic E-state index is 13.2. The fourth-order valence-corrected chi connectivity index (χ4v) is 6.59.